The van der Waals surface area contributed by atoms with Gasteiger partial charge < -0.3 is 24.8 Å². The number of rotatable bonds is 29. The molecule has 0 radical (unpaired) electrons. The lowest BCUT2D eigenvalue weighted by Crippen LogP contribution is -2.25. The van der Waals surface area contributed by atoms with Gasteiger partial charge in [-0.15, -0.1) is 0 Å². The number of hydrogen-bond donors (Lipinski definition) is 3. The Balaban J connectivity index is 3.79. The first-order valence-electron chi connectivity index (χ1n) is 17.2. The van der Waals surface area contributed by atoms with E-state index in [0.717, 1.165) is 25.7 Å². The summed E-state index contributed by atoms with van der Waals surface area (Å²) in [5.74, 6) is -0.736. The number of esters is 2. The lowest BCUT2D eigenvalue weighted by atomic mass is 10.1. The molecule has 0 bridgehead atoms. The molecule has 0 aliphatic rings. The van der Waals surface area contributed by atoms with Gasteiger partial charge in [0.15, 0.2) is 0 Å². The molecule has 0 fully saturated rings. The molecular weight excluding hydrogens is 568 g/mol. The Hall–Kier alpha value is -2.74. The Bertz CT molecular complexity index is 885. The molecular formula is C38H62O7. The van der Waals surface area contributed by atoms with Crippen molar-refractivity contribution in [1.29, 1.82) is 0 Å². The number of unbranched alkanes of at least 4 members (excludes halogenated alkanes) is 9. The van der Waals surface area contributed by atoms with Crippen LogP contribution in [0.3, 0.4) is 0 Å². The largest absolute Gasteiger partial charge is 0.463 e. The van der Waals surface area contributed by atoms with Gasteiger partial charge in [0.2, 0.25) is 0 Å². The fourth-order valence-corrected chi connectivity index (χ4v) is 4.23. The number of allylic oxidation sites excluding steroid dienone is 8. The zero-order chi connectivity index (χ0) is 33.2. The van der Waals surface area contributed by atoms with E-state index in [0.29, 0.717) is 32.1 Å². The summed E-state index contributed by atoms with van der Waals surface area (Å²) in [6.07, 6.45) is 36.0. The highest BCUT2D eigenvalue weighted by atomic mass is 16.6. The van der Waals surface area contributed by atoms with Crippen LogP contribution in [0.5, 0.6) is 0 Å². The van der Waals surface area contributed by atoms with Crippen LogP contribution in [0.1, 0.15) is 123 Å². The lowest BCUT2D eigenvalue weighted by molar-refractivity contribution is -0.152. The minimum atomic E-state index is -1.03. The van der Waals surface area contributed by atoms with Crippen LogP contribution < -0.4 is 0 Å². The van der Waals surface area contributed by atoms with Gasteiger partial charge in [0, 0.05) is 12.8 Å². The Morgan fingerprint density at radius 3 is 1.62 bits per heavy atom. The zero-order valence-corrected chi connectivity index (χ0v) is 28.1. The van der Waals surface area contributed by atoms with E-state index in [-0.39, 0.29) is 25.6 Å². The fourth-order valence-electron chi connectivity index (χ4n) is 4.23. The monoisotopic (exact) mass is 630 g/mol. The van der Waals surface area contributed by atoms with Crippen molar-refractivity contribution >= 4 is 11.9 Å². The van der Waals surface area contributed by atoms with Crippen LogP contribution in [-0.4, -0.2) is 58.8 Å². The molecule has 7 nitrogen and oxygen atoms in total. The van der Waals surface area contributed by atoms with E-state index in [1.807, 2.05) is 48.6 Å². The minimum absolute atomic E-state index is 0.170. The van der Waals surface area contributed by atoms with E-state index in [1.54, 1.807) is 24.3 Å². The predicted molar refractivity (Wildman–Crippen MR) is 185 cm³/mol. The van der Waals surface area contributed by atoms with Crippen LogP contribution in [0.25, 0.3) is 0 Å². The smallest absolute Gasteiger partial charge is 0.306 e. The van der Waals surface area contributed by atoms with Gasteiger partial charge in [-0.3, -0.25) is 9.59 Å². The maximum absolute atomic E-state index is 11.9. The van der Waals surface area contributed by atoms with Gasteiger partial charge in [-0.25, -0.2) is 0 Å². The summed E-state index contributed by atoms with van der Waals surface area (Å²) in [5, 5.41) is 29.7. The van der Waals surface area contributed by atoms with Crippen molar-refractivity contribution in [3.8, 4) is 0 Å². The molecule has 0 unspecified atom stereocenters. The maximum Gasteiger partial charge on any atom is 0.306 e. The fraction of sp³-hybridized carbons (Fsp3) is 0.632. The predicted octanol–water partition coefficient (Wildman–Crippen LogP) is 8.16. The topological polar surface area (TPSA) is 113 Å². The molecule has 3 atom stereocenters. The number of aliphatic hydroxyl groups is 3. The zero-order valence-electron chi connectivity index (χ0n) is 28.1. The molecule has 0 aromatic rings. The van der Waals surface area contributed by atoms with Crippen molar-refractivity contribution in [2.75, 3.05) is 13.2 Å². The van der Waals surface area contributed by atoms with Crippen molar-refractivity contribution in [3.63, 3.8) is 0 Å². The highest BCUT2D eigenvalue weighted by Crippen LogP contribution is 2.11. The average molecular weight is 631 g/mol. The number of ether oxygens (including phenoxy) is 2. The minimum Gasteiger partial charge on any atom is -0.463 e. The van der Waals surface area contributed by atoms with Crippen LogP contribution in [0.2, 0.25) is 0 Å². The van der Waals surface area contributed by atoms with Gasteiger partial charge in [0.1, 0.15) is 19.3 Å². The molecule has 0 saturated heterocycles. The van der Waals surface area contributed by atoms with Crippen LogP contribution in [0.4, 0.5) is 0 Å². The first kappa shape index (κ1) is 42.3. The Labute approximate surface area is 273 Å². The molecule has 256 valence electrons. The van der Waals surface area contributed by atoms with Gasteiger partial charge in [0.05, 0.1) is 12.2 Å². The van der Waals surface area contributed by atoms with E-state index in [1.165, 1.54) is 44.9 Å². The first-order valence-corrected chi connectivity index (χ1v) is 17.2. The van der Waals surface area contributed by atoms with Crippen molar-refractivity contribution < 1.29 is 34.4 Å². The number of carbonyl (C=O) groups excluding carboxylic acids is 2. The van der Waals surface area contributed by atoms with E-state index in [9.17, 15) is 24.9 Å². The van der Waals surface area contributed by atoms with Crippen molar-refractivity contribution in [2.45, 2.75) is 141 Å². The second kappa shape index (κ2) is 32.6. The molecule has 0 aliphatic carbocycles. The molecule has 45 heavy (non-hydrogen) atoms. The summed E-state index contributed by atoms with van der Waals surface area (Å²) in [6.45, 7) is 3.92. The summed E-state index contributed by atoms with van der Waals surface area (Å²) in [4.78, 5) is 23.8. The van der Waals surface area contributed by atoms with E-state index in [4.69, 9.17) is 9.47 Å². The van der Waals surface area contributed by atoms with Crippen LogP contribution in [0, 0.1) is 0 Å². The summed E-state index contributed by atoms with van der Waals surface area (Å²) < 4.78 is 10.2. The highest BCUT2D eigenvalue weighted by molar-refractivity contribution is 5.70. The third-order valence-corrected chi connectivity index (χ3v) is 6.89. The van der Waals surface area contributed by atoms with Gasteiger partial charge in [-0.2, -0.15) is 0 Å². The SMILES string of the molecule is CC/C=C\C[C@@H](O)/C=C/C=C\C=C\[C@@H](O)C/C=C\C/C=C\CCC(=O)OC[C@H](O)COC(=O)CCCCCCCCCCCC. The quantitative estimate of drug-likeness (QED) is 0.0331. The van der Waals surface area contributed by atoms with Gasteiger partial charge in [-0.05, 0) is 38.5 Å². The molecule has 0 spiro atoms. The Kier molecular flexibility index (Phi) is 30.7. The third kappa shape index (κ3) is 32.5. The lowest BCUT2D eigenvalue weighted by Gasteiger charge is -2.12. The summed E-state index contributed by atoms with van der Waals surface area (Å²) in [5.41, 5.74) is 0. The first-order chi connectivity index (χ1) is 21.9. The molecule has 0 heterocycles. The van der Waals surface area contributed by atoms with E-state index in [2.05, 4.69) is 13.8 Å². The normalized spacial score (nSPS) is 14.5. The number of aliphatic hydroxyl groups excluding tert-OH is 3. The third-order valence-electron chi connectivity index (χ3n) is 6.89. The summed E-state index contributed by atoms with van der Waals surface area (Å²) in [7, 11) is 0. The van der Waals surface area contributed by atoms with Crippen LogP contribution in [-0.2, 0) is 19.1 Å². The molecule has 0 saturated carbocycles. The standard InChI is InChI=1S/C38H62O7/c1-3-5-7-8-9-10-11-12-16-24-30-37(42)44-32-36(41)33-45-38(43)31-25-17-14-13-15-21-27-35(40)29-23-19-18-22-28-34(39)26-20-6-4-2/h6,14-15,17-23,28-29,34-36,39-41H,3-5,7-13,16,24-27,30-33H2,1-2H3/b17-14-,19-18-,20-6-,21-15-,28-22+,29-23+/t34-,35+,36-/m1/s1. The van der Waals surface area contributed by atoms with Crippen molar-refractivity contribution in [1.82, 2.24) is 0 Å². The van der Waals surface area contributed by atoms with Gasteiger partial charge >= 0.3 is 11.9 Å². The second-order valence-electron chi connectivity index (χ2n) is 11.3. The Morgan fingerprint density at radius 1 is 0.578 bits per heavy atom. The molecule has 0 aromatic heterocycles. The number of carbonyl (C=O) groups is 2. The Morgan fingerprint density at radius 2 is 1.07 bits per heavy atom. The molecule has 0 amide bonds. The van der Waals surface area contributed by atoms with Crippen molar-refractivity contribution in [3.05, 3.63) is 72.9 Å². The molecule has 0 aliphatic heterocycles. The molecule has 0 rings (SSSR count). The van der Waals surface area contributed by atoms with E-state index < -0.39 is 24.3 Å². The summed E-state index contributed by atoms with van der Waals surface area (Å²) >= 11 is 0. The summed E-state index contributed by atoms with van der Waals surface area (Å²) in [6, 6.07) is 0. The van der Waals surface area contributed by atoms with Gasteiger partial charge in [0.25, 0.3) is 0 Å². The molecule has 7 heteroatoms. The van der Waals surface area contributed by atoms with Gasteiger partial charge in [-0.1, -0.05) is 145 Å². The maximum atomic E-state index is 11.9. The second-order valence-corrected chi connectivity index (χ2v) is 11.3. The molecule has 0 aromatic carbocycles. The molecule has 3 N–H and O–H groups in total. The van der Waals surface area contributed by atoms with E-state index >= 15 is 0 Å². The van der Waals surface area contributed by atoms with Crippen LogP contribution >= 0.6 is 0 Å². The number of hydrogen-bond acceptors (Lipinski definition) is 7. The van der Waals surface area contributed by atoms with Crippen LogP contribution in [0.15, 0.2) is 72.9 Å². The van der Waals surface area contributed by atoms with Crippen molar-refractivity contribution in [2.24, 2.45) is 0 Å². The average Bonchev–Trinajstić information content (AvgIpc) is 3.02. The highest BCUT2D eigenvalue weighted by Gasteiger charge is 2.11.